The van der Waals surface area contributed by atoms with Crippen molar-refractivity contribution in [1.82, 2.24) is 0 Å². The van der Waals surface area contributed by atoms with Crippen LogP contribution in [0.15, 0.2) is 0 Å². The standard InChI is InChI=1S/C21H42NO11/c1-6-22(3,4)7-12(25)10-30-19-17(28)18(14(9-24)32-21(19)29-5)33-20-16(27)15(26)11(2)13(8-23)31-20/h11-21,23-28H,6-10H2,1-5H3/q+1/t11-,12?,13?,14?,15+,16?,17+,18-,19?,20+,21-/m0/s1. The van der Waals surface area contributed by atoms with Gasteiger partial charge in [-0.25, -0.2) is 0 Å². The molecular weight excluding hydrogens is 442 g/mol. The van der Waals surface area contributed by atoms with E-state index in [4.69, 9.17) is 23.7 Å². The molecule has 0 aliphatic carbocycles. The van der Waals surface area contributed by atoms with Gasteiger partial charge in [0, 0.05) is 13.0 Å². The maximum Gasteiger partial charge on any atom is 0.187 e. The van der Waals surface area contributed by atoms with Crippen LogP contribution < -0.4 is 0 Å². The van der Waals surface area contributed by atoms with Crippen LogP contribution in [0.4, 0.5) is 0 Å². The SMILES string of the molecule is CC[N+](C)(C)CC(O)COC1[C@@H](OC)OC(CO)[C@H](O[C@H]2OC(CO)[C@H](C)[C@@H](O)C2O)[C@H]1O. The molecule has 6 N–H and O–H groups in total. The molecule has 12 nitrogen and oxygen atoms in total. The van der Waals surface area contributed by atoms with Crippen molar-refractivity contribution in [3.63, 3.8) is 0 Å². The zero-order valence-electron chi connectivity index (χ0n) is 20.1. The van der Waals surface area contributed by atoms with Gasteiger partial charge >= 0.3 is 0 Å². The Labute approximate surface area is 194 Å². The van der Waals surface area contributed by atoms with Crippen molar-refractivity contribution >= 4 is 0 Å². The molecule has 2 fully saturated rings. The summed E-state index contributed by atoms with van der Waals surface area (Å²) in [6, 6.07) is 0. The molecule has 5 unspecified atom stereocenters. The molecule has 0 aromatic rings. The Balaban J connectivity index is 2.12. The van der Waals surface area contributed by atoms with Gasteiger partial charge in [-0.05, 0) is 6.92 Å². The number of likely N-dealkylation sites (N-methyl/N-ethyl adjacent to an activating group) is 1. The fraction of sp³-hybridized carbons (Fsp3) is 1.00. The first kappa shape index (κ1) is 28.8. The van der Waals surface area contributed by atoms with Crippen LogP contribution in [0.3, 0.4) is 0 Å². The summed E-state index contributed by atoms with van der Waals surface area (Å²) in [4.78, 5) is 0. The molecule has 2 heterocycles. The average Bonchev–Trinajstić information content (AvgIpc) is 2.78. The van der Waals surface area contributed by atoms with Crippen LogP contribution in [0.5, 0.6) is 0 Å². The third kappa shape index (κ3) is 7.03. The fourth-order valence-corrected chi connectivity index (χ4v) is 4.10. The average molecular weight is 485 g/mol. The number of hydrogen-bond donors (Lipinski definition) is 6. The topological polar surface area (TPSA) is 168 Å². The number of nitrogens with zero attached hydrogens (tertiary/aromatic N) is 1. The van der Waals surface area contributed by atoms with Crippen LogP contribution in [0.2, 0.25) is 0 Å². The van der Waals surface area contributed by atoms with Gasteiger partial charge in [0.05, 0.1) is 52.7 Å². The monoisotopic (exact) mass is 484 g/mol. The van der Waals surface area contributed by atoms with Gasteiger partial charge in [-0.15, -0.1) is 0 Å². The lowest BCUT2D eigenvalue weighted by molar-refractivity contribution is -0.891. The van der Waals surface area contributed by atoms with Crippen molar-refractivity contribution in [1.29, 1.82) is 0 Å². The molecule has 0 amide bonds. The Bertz CT molecular complexity index is 580. The Morgan fingerprint density at radius 3 is 2.06 bits per heavy atom. The van der Waals surface area contributed by atoms with Crippen molar-refractivity contribution in [2.45, 2.75) is 75.3 Å². The van der Waals surface area contributed by atoms with E-state index >= 15 is 0 Å². The van der Waals surface area contributed by atoms with E-state index < -0.39 is 80.5 Å². The molecule has 11 atom stereocenters. The smallest absolute Gasteiger partial charge is 0.187 e. The highest BCUT2D eigenvalue weighted by atomic mass is 16.7. The van der Waals surface area contributed by atoms with Crippen molar-refractivity contribution in [2.24, 2.45) is 5.92 Å². The van der Waals surface area contributed by atoms with E-state index in [-0.39, 0.29) is 6.61 Å². The minimum atomic E-state index is -1.45. The molecule has 0 bridgehead atoms. The summed E-state index contributed by atoms with van der Waals surface area (Å²) < 4.78 is 28.6. The van der Waals surface area contributed by atoms with Crippen molar-refractivity contribution in [3.8, 4) is 0 Å². The predicted molar refractivity (Wildman–Crippen MR) is 114 cm³/mol. The Morgan fingerprint density at radius 2 is 1.52 bits per heavy atom. The second-order valence-corrected chi connectivity index (χ2v) is 9.50. The van der Waals surface area contributed by atoms with Crippen LogP contribution in [-0.2, 0) is 23.7 Å². The lowest BCUT2D eigenvalue weighted by atomic mass is 9.91. The van der Waals surface area contributed by atoms with Crippen LogP contribution in [0, 0.1) is 5.92 Å². The number of rotatable bonds is 11. The number of ether oxygens (including phenoxy) is 5. The first-order valence-corrected chi connectivity index (χ1v) is 11.4. The second kappa shape index (κ2) is 12.5. The van der Waals surface area contributed by atoms with Crippen LogP contribution in [-0.4, -0.2) is 151 Å². The summed E-state index contributed by atoms with van der Waals surface area (Å²) >= 11 is 0. The van der Waals surface area contributed by atoms with Crippen LogP contribution >= 0.6 is 0 Å². The summed E-state index contributed by atoms with van der Waals surface area (Å²) in [5.41, 5.74) is 0. The van der Waals surface area contributed by atoms with Gasteiger partial charge in [0.2, 0.25) is 0 Å². The van der Waals surface area contributed by atoms with E-state index in [1.54, 1.807) is 6.92 Å². The number of hydrogen-bond acceptors (Lipinski definition) is 11. The minimum absolute atomic E-state index is 0.103. The molecule has 12 heteroatoms. The van der Waals surface area contributed by atoms with Gasteiger partial charge in [-0.1, -0.05) is 6.92 Å². The number of aliphatic hydroxyl groups excluding tert-OH is 6. The third-order valence-corrected chi connectivity index (χ3v) is 6.61. The molecule has 2 rings (SSSR count). The summed E-state index contributed by atoms with van der Waals surface area (Å²) in [6.07, 6.45) is -11.5. The van der Waals surface area contributed by atoms with Crippen LogP contribution in [0.25, 0.3) is 0 Å². The number of methoxy groups -OCH3 is 1. The molecule has 0 spiro atoms. The van der Waals surface area contributed by atoms with E-state index in [1.807, 2.05) is 21.0 Å². The van der Waals surface area contributed by atoms with Gasteiger partial charge in [0.25, 0.3) is 0 Å². The third-order valence-electron chi connectivity index (χ3n) is 6.61. The maximum absolute atomic E-state index is 11.0. The van der Waals surface area contributed by atoms with Gasteiger partial charge in [0.1, 0.15) is 43.2 Å². The van der Waals surface area contributed by atoms with Gasteiger partial charge in [-0.3, -0.25) is 0 Å². The summed E-state index contributed by atoms with van der Waals surface area (Å²) in [6.45, 7) is 3.82. The van der Waals surface area contributed by atoms with Crippen molar-refractivity contribution in [2.75, 3.05) is 54.1 Å². The van der Waals surface area contributed by atoms with Crippen LogP contribution in [0.1, 0.15) is 13.8 Å². The minimum Gasteiger partial charge on any atom is -0.394 e. The highest BCUT2D eigenvalue weighted by Gasteiger charge is 2.51. The van der Waals surface area contributed by atoms with E-state index in [0.29, 0.717) is 11.0 Å². The molecular formula is C21H42NO11+. The highest BCUT2D eigenvalue weighted by Crippen LogP contribution is 2.32. The largest absolute Gasteiger partial charge is 0.394 e. The van der Waals surface area contributed by atoms with Crippen molar-refractivity contribution < 1.29 is 58.8 Å². The highest BCUT2D eigenvalue weighted by molar-refractivity contribution is 4.94. The summed E-state index contributed by atoms with van der Waals surface area (Å²) in [5, 5.41) is 61.4. The Hall–Kier alpha value is -0.480. The Morgan fingerprint density at radius 1 is 0.909 bits per heavy atom. The maximum atomic E-state index is 11.0. The van der Waals surface area contributed by atoms with E-state index in [9.17, 15) is 30.6 Å². The zero-order chi connectivity index (χ0) is 24.9. The second-order valence-electron chi connectivity index (χ2n) is 9.50. The molecule has 0 aromatic carbocycles. The fourth-order valence-electron chi connectivity index (χ4n) is 4.10. The molecule has 2 aliphatic rings. The number of quaternary nitrogens is 1. The first-order valence-electron chi connectivity index (χ1n) is 11.4. The van der Waals surface area contributed by atoms with E-state index in [2.05, 4.69) is 0 Å². The van der Waals surface area contributed by atoms with E-state index in [1.165, 1.54) is 7.11 Å². The predicted octanol–water partition coefficient (Wildman–Crippen LogP) is -2.99. The molecule has 2 aliphatic heterocycles. The van der Waals surface area contributed by atoms with Gasteiger partial charge in [-0.2, -0.15) is 0 Å². The zero-order valence-corrected chi connectivity index (χ0v) is 20.1. The van der Waals surface area contributed by atoms with Gasteiger partial charge < -0.3 is 58.8 Å². The molecule has 0 saturated carbocycles. The normalized spacial score (nSPS) is 41.2. The molecule has 2 saturated heterocycles. The lowest BCUT2D eigenvalue weighted by Crippen LogP contribution is -2.64. The first-order chi connectivity index (χ1) is 15.5. The molecule has 0 radical (unpaired) electrons. The lowest BCUT2D eigenvalue weighted by Gasteiger charge is -2.47. The van der Waals surface area contributed by atoms with Gasteiger partial charge in [0.15, 0.2) is 12.6 Å². The molecule has 0 aromatic heterocycles. The van der Waals surface area contributed by atoms with E-state index in [0.717, 1.165) is 6.54 Å². The quantitative estimate of drug-likeness (QED) is 0.166. The molecule has 196 valence electrons. The Kier molecular flexibility index (Phi) is 10.9. The van der Waals surface area contributed by atoms with Crippen molar-refractivity contribution in [3.05, 3.63) is 0 Å². The molecule has 33 heavy (non-hydrogen) atoms. The number of aliphatic hydroxyl groups is 6. The summed E-state index contributed by atoms with van der Waals surface area (Å²) in [7, 11) is 5.30. The summed E-state index contributed by atoms with van der Waals surface area (Å²) in [5.74, 6) is -0.549.